The summed E-state index contributed by atoms with van der Waals surface area (Å²) in [4.78, 5) is 55.9. The number of nitrogens with zero attached hydrogens (tertiary/aromatic N) is 6. The molecule has 376 valence electrons. The third-order valence-corrected chi connectivity index (χ3v) is 12.4. The van der Waals surface area contributed by atoms with Gasteiger partial charge in [0.2, 0.25) is 19.6 Å². The van der Waals surface area contributed by atoms with Crippen molar-refractivity contribution in [3.63, 3.8) is 0 Å². The zero-order valence-corrected chi connectivity index (χ0v) is 41.6. The molecule has 16 nitrogen and oxygen atoms in total. The Morgan fingerprint density at radius 1 is 0.595 bits per heavy atom. The molecule has 0 spiro atoms. The first-order chi connectivity index (χ1) is 35.9. The van der Waals surface area contributed by atoms with Gasteiger partial charge in [-0.2, -0.15) is 9.97 Å². The lowest BCUT2D eigenvalue weighted by molar-refractivity contribution is 0.0696. The second-order valence-electron chi connectivity index (χ2n) is 16.1. The van der Waals surface area contributed by atoms with Gasteiger partial charge in [-0.3, -0.25) is 9.59 Å². The quantitative estimate of drug-likeness (QED) is 0.0594. The average molecular weight is 1040 g/mol. The molecule has 0 saturated carbocycles. The number of hydrogen-bond donors (Lipinski definition) is 3. The number of anilines is 4. The molecule has 0 bridgehead atoms. The van der Waals surface area contributed by atoms with Gasteiger partial charge in [-0.25, -0.2) is 23.5 Å². The average Bonchev–Trinajstić information content (AvgIpc) is 3.42. The number of halogens is 2. The molecule has 74 heavy (non-hydrogen) atoms. The Balaban J connectivity index is 0.000000160. The molecule has 2 aromatic heterocycles. The maximum Gasteiger partial charge on any atom is 0.335 e. The maximum absolute atomic E-state index is 14.4. The van der Waals surface area contributed by atoms with Crippen LogP contribution in [-0.2, 0) is 9.47 Å². The van der Waals surface area contributed by atoms with Crippen LogP contribution in [0.3, 0.4) is 0 Å². The summed E-state index contributed by atoms with van der Waals surface area (Å²) >= 11 is 2.87. The zero-order valence-electron chi connectivity index (χ0n) is 40.0. The van der Waals surface area contributed by atoms with Crippen molar-refractivity contribution in [2.75, 3.05) is 85.6 Å². The van der Waals surface area contributed by atoms with Crippen LogP contribution in [0.4, 0.5) is 36.3 Å². The molecule has 0 unspecified atom stereocenters. The zero-order chi connectivity index (χ0) is 52.0. The van der Waals surface area contributed by atoms with Crippen LogP contribution in [0.25, 0.3) is 21.5 Å². The molecular weight excluding hydrogens is 990 g/mol. The van der Waals surface area contributed by atoms with E-state index in [2.05, 4.69) is 30.6 Å². The van der Waals surface area contributed by atoms with E-state index >= 15 is 0 Å². The summed E-state index contributed by atoms with van der Waals surface area (Å²) in [5, 5.41) is 18.9. The van der Waals surface area contributed by atoms with Crippen LogP contribution in [0.5, 0.6) is 23.3 Å². The number of thioether (sulfide) groups is 2. The van der Waals surface area contributed by atoms with Crippen molar-refractivity contribution >= 4 is 93.3 Å². The Bertz CT molecular complexity index is 3300. The molecule has 2 saturated heterocycles. The largest absolute Gasteiger partial charge is 0.478 e. The molecule has 3 N–H and O–H groups in total. The Labute approximate surface area is 434 Å². The van der Waals surface area contributed by atoms with E-state index in [0.29, 0.717) is 109 Å². The fraction of sp³-hybridized carbons (Fsp3) is 0.189. The standard InChI is InChI=1S/C26H23FN4O3S.C16H12BN3O2S.C11H12FNO3/c1-35-26-28-9-8-24(30-26)34-23-7-6-22(20-4-2-3-5-21(20)23)29-25(32)17-14-18(27)16-19(15-17)31-10-12-33-13-11-31;1-23-16-18-9-8-14(20-16)22-13-7-6-12(19-15(17)21)10-4-2-3-5-11(10)13;12-9-5-8(11(14)15)6-10(7-9)13-1-3-16-4-2-13/h2-9,14-16H,10-13H2,1H3,(H,29,32);2-9H,1H3,(H,19,21);5-7H,1-4H2,(H,14,15). The van der Waals surface area contributed by atoms with Gasteiger partial charge in [-0.05, 0) is 73.2 Å². The first-order valence-electron chi connectivity index (χ1n) is 23.0. The number of carboxylic acid groups (broad SMARTS) is 1. The smallest absolute Gasteiger partial charge is 0.335 e. The van der Waals surface area contributed by atoms with E-state index in [1.165, 1.54) is 47.8 Å². The molecule has 0 atom stereocenters. The number of carbonyl (C=O) groups is 3. The van der Waals surface area contributed by atoms with Crippen LogP contribution in [-0.4, -0.2) is 116 Å². The van der Waals surface area contributed by atoms with Gasteiger partial charge < -0.3 is 44.5 Å². The van der Waals surface area contributed by atoms with Crippen LogP contribution < -0.4 is 29.9 Å². The normalized spacial score (nSPS) is 13.2. The summed E-state index contributed by atoms with van der Waals surface area (Å²) < 4.78 is 50.1. The van der Waals surface area contributed by atoms with Gasteiger partial charge in [0.25, 0.3) is 5.91 Å². The summed E-state index contributed by atoms with van der Waals surface area (Å²) in [5.41, 5.74) is 2.72. The molecule has 6 aromatic carbocycles. The van der Waals surface area contributed by atoms with E-state index in [1.807, 2.05) is 70.8 Å². The molecule has 4 heterocycles. The van der Waals surface area contributed by atoms with Gasteiger partial charge in [-0.1, -0.05) is 72.1 Å². The summed E-state index contributed by atoms with van der Waals surface area (Å²) in [6, 6.07) is 33.9. The fourth-order valence-electron chi connectivity index (χ4n) is 7.86. The van der Waals surface area contributed by atoms with Gasteiger partial charge in [0.1, 0.15) is 23.1 Å². The fourth-order valence-corrected chi connectivity index (χ4v) is 8.56. The molecule has 2 amide bonds. The minimum absolute atomic E-state index is 0.0264. The molecular formula is C53H47BF2N8O8S2. The number of rotatable bonds is 12. The Kier molecular flexibility index (Phi) is 17.9. The summed E-state index contributed by atoms with van der Waals surface area (Å²) in [5.74, 6) is -0.960. The molecule has 2 aliphatic rings. The van der Waals surface area contributed by atoms with Gasteiger partial charge in [0.15, 0.2) is 16.1 Å². The van der Waals surface area contributed by atoms with Crippen molar-refractivity contribution in [1.29, 1.82) is 0 Å². The molecule has 8 aromatic rings. The second kappa shape index (κ2) is 25.2. The van der Waals surface area contributed by atoms with E-state index in [1.54, 1.807) is 54.9 Å². The third-order valence-electron chi connectivity index (χ3n) is 11.3. The first-order valence-corrected chi connectivity index (χ1v) is 25.4. The molecule has 0 aliphatic carbocycles. The predicted octanol–water partition coefficient (Wildman–Crippen LogP) is 10.6. The highest BCUT2D eigenvalue weighted by molar-refractivity contribution is 7.98. The molecule has 21 heteroatoms. The highest BCUT2D eigenvalue weighted by Gasteiger charge is 2.19. The Hall–Kier alpha value is -7.85. The van der Waals surface area contributed by atoms with E-state index in [-0.39, 0.29) is 11.1 Å². The SMILES string of the molecule is CSc1nccc(Oc2ccc(NC(=O)c3cc(F)cc(N4CCOCC4)c3)c3ccccc23)n1.O=C(O)c1cc(F)cc(N2CCOCC2)c1.[B]C(=O)Nc1ccc(Oc2ccnc(SC)n2)c2ccccc12. The Morgan fingerprint density at radius 2 is 1.03 bits per heavy atom. The van der Waals surface area contributed by atoms with Crippen molar-refractivity contribution in [3.05, 3.63) is 156 Å². The minimum Gasteiger partial charge on any atom is -0.478 e. The van der Waals surface area contributed by atoms with Crippen LogP contribution in [0.15, 0.2) is 144 Å². The van der Waals surface area contributed by atoms with Gasteiger partial charge in [-0.15, -0.1) is 0 Å². The van der Waals surface area contributed by atoms with Crippen LogP contribution in [0.1, 0.15) is 20.7 Å². The highest BCUT2D eigenvalue weighted by Crippen LogP contribution is 2.36. The number of benzene rings is 6. The van der Waals surface area contributed by atoms with Gasteiger partial charge >= 0.3 is 5.97 Å². The number of ether oxygens (including phenoxy) is 4. The Morgan fingerprint density at radius 3 is 1.47 bits per heavy atom. The number of aromatic nitrogens is 4. The lowest BCUT2D eigenvalue weighted by atomic mass is 10.1. The monoisotopic (exact) mass is 1040 g/mol. The summed E-state index contributed by atoms with van der Waals surface area (Å²) in [7, 11) is 5.21. The number of amides is 2. The van der Waals surface area contributed by atoms with Crippen LogP contribution in [0, 0.1) is 11.6 Å². The molecule has 10 rings (SSSR count). The molecule has 2 radical (unpaired) electrons. The van der Waals surface area contributed by atoms with E-state index in [4.69, 9.17) is 31.9 Å². The first kappa shape index (κ1) is 52.5. The summed E-state index contributed by atoms with van der Waals surface area (Å²) in [6.07, 6.45) is 7.10. The number of hydrogen-bond acceptors (Lipinski definition) is 15. The minimum atomic E-state index is -1.12. The van der Waals surface area contributed by atoms with Gasteiger partial charge in [0.05, 0.1) is 32.0 Å². The second-order valence-corrected chi connectivity index (χ2v) is 17.7. The van der Waals surface area contributed by atoms with Crippen molar-refractivity contribution in [1.82, 2.24) is 19.9 Å². The van der Waals surface area contributed by atoms with Crippen molar-refractivity contribution in [3.8, 4) is 23.3 Å². The van der Waals surface area contributed by atoms with Crippen molar-refractivity contribution in [2.24, 2.45) is 0 Å². The number of morpholine rings is 2. The number of nitrogens with one attached hydrogen (secondary N) is 2. The molecule has 2 aliphatic heterocycles. The number of aromatic carboxylic acids is 1. The van der Waals surface area contributed by atoms with E-state index in [0.717, 1.165) is 27.6 Å². The molecule has 2 fully saturated rings. The lowest BCUT2D eigenvalue weighted by Crippen LogP contribution is -2.36. The maximum atomic E-state index is 14.4. The van der Waals surface area contributed by atoms with Crippen LogP contribution in [0.2, 0.25) is 0 Å². The van der Waals surface area contributed by atoms with Crippen LogP contribution >= 0.6 is 23.5 Å². The number of fused-ring (bicyclic) bond motifs is 2. The topological polar surface area (TPSA) is 190 Å². The van der Waals surface area contributed by atoms with Crippen molar-refractivity contribution in [2.45, 2.75) is 10.3 Å². The van der Waals surface area contributed by atoms with E-state index in [9.17, 15) is 23.2 Å². The lowest BCUT2D eigenvalue weighted by Gasteiger charge is -2.29. The van der Waals surface area contributed by atoms with E-state index < -0.39 is 29.3 Å². The number of carbonyl (C=O) groups excluding carboxylic acids is 2. The third kappa shape index (κ3) is 13.8. The summed E-state index contributed by atoms with van der Waals surface area (Å²) in [6.45, 7) is 4.93. The van der Waals surface area contributed by atoms with Crippen molar-refractivity contribution < 1.29 is 47.2 Å². The number of carboxylic acids is 1. The van der Waals surface area contributed by atoms with Gasteiger partial charge in [0, 0.05) is 101 Å². The predicted molar refractivity (Wildman–Crippen MR) is 284 cm³/mol. The highest BCUT2D eigenvalue weighted by atomic mass is 32.2.